The van der Waals surface area contributed by atoms with Crippen LogP contribution in [0.15, 0.2) is 40.9 Å². The minimum atomic E-state index is -0.317. The highest BCUT2D eigenvalue weighted by atomic mass is 79.9. The van der Waals surface area contributed by atoms with E-state index in [1.807, 2.05) is 12.1 Å². The fraction of sp³-hybridized carbons (Fsp3) is 0. The Hall–Kier alpha value is -1.25. The number of nitrogens with one attached hydrogen (secondary N) is 2. The number of aromatic nitrogens is 1. The number of hydrogen-bond acceptors (Lipinski definition) is 4. The largest absolute Gasteiger partial charge is 0.308 e. The van der Waals surface area contributed by atoms with E-state index in [4.69, 9.17) is 35.4 Å². The molecule has 1 amide bonds. The van der Waals surface area contributed by atoms with E-state index >= 15 is 0 Å². The molecule has 2 aromatic carbocycles. The predicted octanol–water partition coefficient (Wildman–Crippen LogP) is 5.49. The lowest BCUT2D eigenvalue weighted by molar-refractivity contribution is 0.0977. The highest BCUT2D eigenvalue weighted by Crippen LogP contribution is 2.35. The van der Waals surface area contributed by atoms with Gasteiger partial charge in [-0.15, -0.1) is 0 Å². The van der Waals surface area contributed by atoms with Crippen molar-refractivity contribution in [3.05, 3.63) is 56.5 Å². The van der Waals surface area contributed by atoms with Crippen LogP contribution in [0.1, 0.15) is 10.4 Å². The Morgan fingerprint density at radius 3 is 2.71 bits per heavy atom. The maximum Gasteiger partial charge on any atom is 0.258 e. The molecule has 2 N–H and O–H groups in total. The number of carbonyl (C=O) groups excluding carboxylic acids is 1. The van der Waals surface area contributed by atoms with E-state index in [0.29, 0.717) is 30.7 Å². The van der Waals surface area contributed by atoms with Crippen LogP contribution in [0.5, 0.6) is 0 Å². The van der Waals surface area contributed by atoms with E-state index in [9.17, 15) is 4.79 Å². The molecule has 0 saturated carbocycles. The molecule has 1 aromatic heterocycles. The molecule has 3 rings (SSSR count). The molecule has 0 atom stereocenters. The van der Waals surface area contributed by atoms with Gasteiger partial charge in [0.2, 0.25) is 0 Å². The molecule has 0 spiro atoms. The van der Waals surface area contributed by atoms with Crippen molar-refractivity contribution in [2.45, 2.75) is 0 Å². The number of hydrogen-bond donors (Lipinski definition) is 2. The third-order valence-corrected chi connectivity index (χ3v) is 5.64. The van der Waals surface area contributed by atoms with Gasteiger partial charge in [-0.2, -0.15) is 0 Å². The lowest BCUT2D eigenvalue weighted by atomic mass is 10.2. The molecule has 0 aliphatic heterocycles. The number of thiocarbonyl (C=S) groups is 1. The van der Waals surface area contributed by atoms with Crippen molar-refractivity contribution in [1.29, 1.82) is 0 Å². The van der Waals surface area contributed by atoms with Gasteiger partial charge in [0.15, 0.2) is 10.2 Å². The number of carbonyl (C=O) groups is 1. The average molecular weight is 461 g/mol. The van der Waals surface area contributed by atoms with E-state index in [1.165, 1.54) is 11.3 Å². The summed E-state index contributed by atoms with van der Waals surface area (Å²) in [5, 5.41) is 7.00. The summed E-state index contributed by atoms with van der Waals surface area (Å²) >= 11 is 22.0. The second-order valence-corrected chi connectivity index (χ2v) is 7.69. The van der Waals surface area contributed by atoms with Gasteiger partial charge >= 0.3 is 0 Å². The summed E-state index contributed by atoms with van der Waals surface area (Å²) < 4.78 is 1.55. The zero-order chi connectivity index (χ0) is 17.3. The third-order valence-electron chi connectivity index (χ3n) is 3.02. The van der Waals surface area contributed by atoms with Gasteiger partial charge in [0.25, 0.3) is 5.91 Å². The monoisotopic (exact) mass is 459 g/mol. The molecule has 0 aliphatic carbocycles. The van der Waals surface area contributed by atoms with Crippen molar-refractivity contribution in [3.63, 3.8) is 0 Å². The minimum Gasteiger partial charge on any atom is -0.308 e. The fourth-order valence-electron chi connectivity index (χ4n) is 1.93. The van der Waals surface area contributed by atoms with Crippen LogP contribution in [-0.2, 0) is 0 Å². The first-order chi connectivity index (χ1) is 11.5. The van der Waals surface area contributed by atoms with Crippen LogP contribution in [0, 0.1) is 0 Å². The molecule has 0 unspecified atom stereocenters. The van der Waals surface area contributed by atoms with Crippen LogP contribution in [0.2, 0.25) is 10.0 Å². The van der Waals surface area contributed by atoms with Gasteiger partial charge < -0.3 is 5.32 Å². The first-order valence-electron chi connectivity index (χ1n) is 6.57. The number of benzene rings is 2. The molecular formula is C15H8BrCl2N3OS2. The van der Waals surface area contributed by atoms with Crippen molar-refractivity contribution >= 4 is 89.1 Å². The number of fused-ring (bicyclic) bond motifs is 1. The van der Waals surface area contributed by atoms with Gasteiger partial charge in [0.05, 0.1) is 20.3 Å². The van der Waals surface area contributed by atoms with Crippen LogP contribution in [0.3, 0.4) is 0 Å². The van der Waals surface area contributed by atoms with Crippen LogP contribution in [0.25, 0.3) is 10.2 Å². The number of rotatable bonds is 2. The van der Waals surface area contributed by atoms with Crippen LogP contribution in [0.4, 0.5) is 5.13 Å². The van der Waals surface area contributed by atoms with Gasteiger partial charge in [0.1, 0.15) is 5.52 Å². The lowest BCUT2D eigenvalue weighted by Crippen LogP contribution is -2.34. The first-order valence-corrected chi connectivity index (χ1v) is 9.34. The lowest BCUT2D eigenvalue weighted by Gasteiger charge is -2.08. The molecule has 0 aliphatic rings. The molecule has 4 nitrogen and oxygen atoms in total. The second kappa shape index (κ2) is 7.33. The molecular weight excluding hydrogens is 453 g/mol. The van der Waals surface area contributed by atoms with Crippen molar-refractivity contribution in [2.24, 2.45) is 0 Å². The highest BCUT2D eigenvalue weighted by Gasteiger charge is 2.14. The summed E-state index contributed by atoms with van der Waals surface area (Å²) in [4.78, 5) is 16.6. The Bertz CT molecular complexity index is 961. The SMILES string of the molecule is O=C(NC(=S)Nc1nc2c(Cl)c(Cl)ccc2s1)c1ccccc1Br. The summed E-state index contributed by atoms with van der Waals surface area (Å²) in [5.41, 5.74) is 1.08. The van der Waals surface area contributed by atoms with Crippen LogP contribution in [-0.4, -0.2) is 16.0 Å². The Kier molecular flexibility index (Phi) is 5.36. The van der Waals surface area contributed by atoms with Crippen LogP contribution >= 0.6 is 62.7 Å². The molecule has 9 heteroatoms. The average Bonchev–Trinajstić information content (AvgIpc) is 2.94. The zero-order valence-corrected chi connectivity index (χ0v) is 16.5. The van der Waals surface area contributed by atoms with Crippen molar-refractivity contribution < 1.29 is 4.79 Å². The smallest absolute Gasteiger partial charge is 0.258 e. The number of nitrogens with zero attached hydrogens (tertiary/aromatic N) is 1. The van der Waals surface area contributed by atoms with Crippen LogP contribution < -0.4 is 10.6 Å². The normalized spacial score (nSPS) is 10.6. The quantitative estimate of drug-likeness (QED) is 0.496. The molecule has 122 valence electrons. The molecule has 24 heavy (non-hydrogen) atoms. The Balaban J connectivity index is 1.74. The number of amides is 1. The summed E-state index contributed by atoms with van der Waals surface area (Å²) in [6.07, 6.45) is 0. The van der Waals surface area contributed by atoms with E-state index in [-0.39, 0.29) is 11.0 Å². The molecule has 0 bridgehead atoms. The van der Waals surface area contributed by atoms with Gasteiger partial charge in [0, 0.05) is 4.47 Å². The van der Waals surface area contributed by atoms with Crippen molar-refractivity contribution in [1.82, 2.24) is 10.3 Å². The standard InChI is InChI=1S/C15H8BrCl2N3OS2/c16-8-4-2-1-3-7(8)13(22)20-14(23)21-15-19-12-10(24-15)6-5-9(17)11(12)18/h1-6H,(H2,19,20,21,22,23). The number of halogens is 3. The van der Waals surface area contributed by atoms with Gasteiger partial charge in [-0.1, -0.05) is 46.7 Å². The second-order valence-electron chi connectivity index (χ2n) is 4.62. The molecule has 3 aromatic rings. The Labute approximate surface area is 165 Å². The maximum absolute atomic E-state index is 12.2. The summed E-state index contributed by atoms with van der Waals surface area (Å²) in [7, 11) is 0. The summed E-state index contributed by atoms with van der Waals surface area (Å²) in [6, 6.07) is 10.6. The predicted molar refractivity (Wildman–Crippen MR) is 107 cm³/mol. The first kappa shape index (κ1) is 17.6. The van der Waals surface area contributed by atoms with Gasteiger partial charge in [-0.05, 0) is 52.4 Å². The molecule has 0 saturated heterocycles. The Morgan fingerprint density at radius 2 is 1.96 bits per heavy atom. The maximum atomic E-state index is 12.2. The number of thiazole rings is 1. The van der Waals surface area contributed by atoms with Crippen molar-refractivity contribution in [3.8, 4) is 0 Å². The topological polar surface area (TPSA) is 54.0 Å². The van der Waals surface area contributed by atoms with E-state index in [2.05, 4.69) is 31.5 Å². The molecule has 0 radical (unpaired) electrons. The molecule has 0 fully saturated rings. The summed E-state index contributed by atoms with van der Waals surface area (Å²) in [5.74, 6) is -0.317. The van der Waals surface area contributed by atoms with Gasteiger partial charge in [-0.25, -0.2) is 4.98 Å². The molecule has 1 heterocycles. The Morgan fingerprint density at radius 1 is 1.21 bits per heavy atom. The van der Waals surface area contributed by atoms with Crippen molar-refractivity contribution in [2.75, 3.05) is 5.32 Å². The van der Waals surface area contributed by atoms with E-state index in [0.717, 1.165) is 4.70 Å². The third kappa shape index (κ3) is 3.70. The van der Waals surface area contributed by atoms with E-state index in [1.54, 1.807) is 24.3 Å². The zero-order valence-electron chi connectivity index (χ0n) is 11.8. The summed E-state index contributed by atoms with van der Waals surface area (Å²) in [6.45, 7) is 0. The number of anilines is 1. The fourth-order valence-corrected chi connectivity index (χ4v) is 3.95. The highest BCUT2D eigenvalue weighted by molar-refractivity contribution is 9.10. The minimum absolute atomic E-state index is 0.150. The van der Waals surface area contributed by atoms with Gasteiger partial charge in [-0.3, -0.25) is 10.1 Å². The van der Waals surface area contributed by atoms with E-state index < -0.39 is 0 Å².